The SMILES string of the molecule is CN=C(NCCCOCC1CCOCC1)NCc1ccccc1CN(C)C. The van der Waals surface area contributed by atoms with Crippen LogP contribution in [-0.4, -0.2) is 65.0 Å². The van der Waals surface area contributed by atoms with Gasteiger partial charge in [-0.25, -0.2) is 0 Å². The maximum Gasteiger partial charge on any atom is 0.191 e. The van der Waals surface area contributed by atoms with Gasteiger partial charge in [0, 0.05) is 53.1 Å². The van der Waals surface area contributed by atoms with Gasteiger partial charge in [0.05, 0.1) is 0 Å². The van der Waals surface area contributed by atoms with E-state index < -0.39 is 0 Å². The number of nitrogens with one attached hydrogen (secondary N) is 2. The van der Waals surface area contributed by atoms with Crippen LogP contribution in [0.15, 0.2) is 29.3 Å². The zero-order valence-electron chi connectivity index (χ0n) is 17.2. The molecular weight excluding hydrogens is 340 g/mol. The third-order valence-electron chi connectivity index (χ3n) is 4.73. The molecule has 6 nitrogen and oxygen atoms in total. The fraction of sp³-hybridized carbons (Fsp3) is 0.667. The molecule has 1 aliphatic rings. The molecule has 1 heterocycles. The van der Waals surface area contributed by atoms with E-state index in [1.165, 1.54) is 11.1 Å². The van der Waals surface area contributed by atoms with Gasteiger partial charge in [-0.1, -0.05) is 24.3 Å². The average molecular weight is 377 g/mol. The normalized spacial score (nSPS) is 15.9. The molecule has 2 N–H and O–H groups in total. The molecule has 1 saturated heterocycles. The number of benzene rings is 1. The molecule has 0 amide bonds. The van der Waals surface area contributed by atoms with Crippen molar-refractivity contribution >= 4 is 5.96 Å². The fourth-order valence-electron chi connectivity index (χ4n) is 3.17. The monoisotopic (exact) mass is 376 g/mol. The van der Waals surface area contributed by atoms with Crippen LogP contribution < -0.4 is 10.6 Å². The van der Waals surface area contributed by atoms with Gasteiger partial charge >= 0.3 is 0 Å². The molecule has 6 heteroatoms. The highest BCUT2D eigenvalue weighted by Gasteiger charge is 2.13. The van der Waals surface area contributed by atoms with Crippen LogP contribution >= 0.6 is 0 Å². The Morgan fingerprint density at radius 3 is 2.63 bits per heavy atom. The molecule has 1 aliphatic heterocycles. The predicted octanol–water partition coefficient (Wildman–Crippen LogP) is 2.25. The number of guanidine groups is 1. The van der Waals surface area contributed by atoms with Crippen LogP contribution in [0.1, 0.15) is 30.4 Å². The molecule has 0 aliphatic carbocycles. The van der Waals surface area contributed by atoms with E-state index in [1.54, 1.807) is 0 Å². The fourth-order valence-corrected chi connectivity index (χ4v) is 3.17. The molecule has 0 saturated carbocycles. The summed E-state index contributed by atoms with van der Waals surface area (Å²) in [5.74, 6) is 1.50. The molecule has 0 atom stereocenters. The third kappa shape index (κ3) is 8.73. The van der Waals surface area contributed by atoms with Crippen LogP contribution in [0, 0.1) is 5.92 Å². The lowest BCUT2D eigenvalue weighted by Gasteiger charge is -2.21. The molecule has 0 aromatic heterocycles. The van der Waals surface area contributed by atoms with Gasteiger partial charge in [-0.2, -0.15) is 0 Å². The zero-order chi connectivity index (χ0) is 19.3. The average Bonchev–Trinajstić information content (AvgIpc) is 2.68. The summed E-state index contributed by atoms with van der Waals surface area (Å²) in [6.45, 7) is 5.97. The number of nitrogens with zero attached hydrogens (tertiary/aromatic N) is 2. The maximum absolute atomic E-state index is 5.81. The Bertz CT molecular complexity index is 557. The molecule has 2 rings (SSSR count). The quantitative estimate of drug-likeness (QED) is 0.373. The van der Waals surface area contributed by atoms with Crippen LogP contribution in [0.3, 0.4) is 0 Å². The Morgan fingerprint density at radius 2 is 1.93 bits per heavy atom. The minimum absolute atomic E-state index is 0.670. The van der Waals surface area contributed by atoms with Crippen molar-refractivity contribution in [1.29, 1.82) is 0 Å². The van der Waals surface area contributed by atoms with Crippen LogP contribution in [0.4, 0.5) is 0 Å². The van der Waals surface area contributed by atoms with E-state index in [4.69, 9.17) is 9.47 Å². The van der Waals surface area contributed by atoms with E-state index >= 15 is 0 Å². The second-order valence-corrected chi connectivity index (χ2v) is 7.34. The molecular formula is C21H36N4O2. The van der Waals surface area contributed by atoms with Crippen LogP contribution in [0.25, 0.3) is 0 Å². The number of hydrogen-bond donors (Lipinski definition) is 2. The predicted molar refractivity (Wildman–Crippen MR) is 111 cm³/mol. The molecule has 1 fully saturated rings. The largest absolute Gasteiger partial charge is 0.381 e. The molecule has 1 aromatic carbocycles. The van der Waals surface area contributed by atoms with Crippen molar-refractivity contribution in [2.45, 2.75) is 32.4 Å². The van der Waals surface area contributed by atoms with E-state index in [2.05, 4.69) is 58.9 Å². The molecule has 0 unspecified atom stereocenters. The zero-order valence-corrected chi connectivity index (χ0v) is 17.2. The lowest BCUT2D eigenvalue weighted by atomic mass is 10.0. The standard InChI is InChI=1S/C21H36N4O2/c1-22-21(23-11-6-12-27-17-18-9-13-26-14-10-18)24-15-19-7-4-5-8-20(19)16-25(2)3/h4-5,7-8,18H,6,9-17H2,1-3H3,(H2,22,23,24). The Kier molecular flexibility index (Phi) is 10.2. The van der Waals surface area contributed by atoms with Crippen LogP contribution in [-0.2, 0) is 22.6 Å². The lowest BCUT2D eigenvalue weighted by Crippen LogP contribution is -2.37. The summed E-state index contributed by atoms with van der Waals surface area (Å²) in [6.07, 6.45) is 3.23. The lowest BCUT2D eigenvalue weighted by molar-refractivity contribution is 0.0203. The van der Waals surface area contributed by atoms with Gasteiger partial charge in [-0.3, -0.25) is 4.99 Å². The van der Waals surface area contributed by atoms with Crippen LogP contribution in [0.2, 0.25) is 0 Å². The first-order valence-corrected chi connectivity index (χ1v) is 10.0. The molecule has 0 bridgehead atoms. The number of aliphatic imine (C=N–C) groups is 1. The van der Waals surface area contributed by atoms with Gasteiger partial charge < -0.3 is 25.0 Å². The summed E-state index contributed by atoms with van der Waals surface area (Å²) in [7, 11) is 5.99. The van der Waals surface area contributed by atoms with Crippen molar-refractivity contribution in [3.8, 4) is 0 Å². The number of rotatable bonds is 10. The van der Waals surface area contributed by atoms with Crippen molar-refractivity contribution in [2.24, 2.45) is 10.9 Å². The van der Waals surface area contributed by atoms with Gasteiger partial charge in [0.25, 0.3) is 0 Å². The van der Waals surface area contributed by atoms with Gasteiger partial charge in [0.15, 0.2) is 5.96 Å². The van der Waals surface area contributed by atoms with Gasteiger partial charge in [0.1, 0.15) is 0 Å². The second kappa shape index (κ2) is 12.7. The number of hydrogen-bond acceptors (Lipinski definition) is 4. The Labute approximate surface area is 164 Å². The Hall–Kier alpha value is -1.63. The highest BCUT2D eigenvalue weighted by Crippen LogP contribution is 2.14. The van der Waals surface area contributed by atoms with E-state index in [0.717, 1.165) is 71.3 Å². The minimum atomic E-state index is 0.670. The smallest absolute Gasteiger partial charge is 0.191 e. The van der Waals surface area contributed by atoms with E-state index in [1.807, 2.05) is 7.05 Å². The minimum Gasteiger partial charge on any atom is -0.381 e. The second-order valence-electron chi connectivity index (χ2n) is 7.34. The van der Waals surface area contributed by atoms with Gasteiger partial charge in [0.2, 0.25) is 0 Å². The summed E-state index contributed by atoms with van der Waals surface area (Å²) >= 11 is 0. The molecule has 152 valence electrons. The first-order valence-electron chi connectivity index (χ1n) is 10.0. The van der Waals surface area contributed by atoms with E-state index in [0.29, 0.717) is 5.92 Å². The van der Waals surface area contributed by atoms with Crippen molar-refractivity contribution in [2.75, 3.05) is 54.1 Å². The Balaban J connectivity index is 1.62. The van der Waals surface area contributed by atoms with Crippen molar-refractivity contribution < 1.29 is 9.47 Å². The molecule has 0 radical (unpaired) electrons. The third-order valence-corrected chi connectivity index (χ3v) is 4.73. The van der Waals surface area contributed by atoms with Crippen molar-refractivity contribution in [3.63, 3.8) is 0 Å². The van der Waals surface area contributed by atoms with Gasteiger partial charge in [-0.15, -0.1) is 0 Å². The van der Waals surface area contributed by atoms with Crippen molar-refractivity contribution in [1.82, 2.24) is 15.5 Å². The summed E-state index contributed by atoms with van der Waals surface area (Å²) in [6, 6.07) is 8.53. The van der Waals surface area contributed by atoms with E-state index in [9.17, 15) is 0 Å². The number of ether oxygens (including phenoxy) is 2. The van der Waals surface area contributed by atoms with E-state index in [-0.39, 0.29) is 0 Å². The highest BCUT2D eigenvalue weighted by molar-refractivity contribution is 5.79. The molecule has 27 heavy (non-hydrogen) atoms. The topological polar surface area (TPSA) is 58.1 Å². The first kappa shape index (κ1) is 21.7. The maximum atomic E-state index is 5.81. The highest BCUT2D eigenvalue weighted by atomic mass is 16.5. The molecule has 0 spiro atoms. The first-order chi connectivity index (χ1) is 13.2. The van der Waals surface area contributed by atoms with Gasteiger partial charge in [-0.05, 0) is 50.4 Å². The van der Waals surface area contributed by atoms with Crippen LogP contribution in [0.5, 0.6) is 0 Å². The summed E-state index contributed by atoms with van der Waals surface area (Å²) in [5, 5.41) is 6.77. The summed E-state index contributed by atoms with van der Waals surface area (Å²) in [5.41, 5.74) is 2.64. The Morgan fingerprint density at radius 1 is 1.19 bits per heavy atom. The summed E-state index contributed by atoms with van der Waals surface area (Å²) in [4.78, 5) is 6.50. The van der Waals surface area contributed by atoms with Crippen molar-refractivity contribution in [3.05, 3.63) is 35.4 Å². The molecule has 1 aromatic rings. The summed E-state index contributed by atoms with van der Waals surface area (Å²) < 4.78 is 11.2.